The molecule has 1 aromatic rings. The highest BCUT2D eigenvalue weighted by molar-refractivity contribution is 7.89. The Balaban J connectivity index is 2.80. The third kappa shape index (κ3) is 5.68. The molecule has 0 bridgehead atoms. The molecular formula is C13H22N4O3S. The number of rotatable bonds is 8. The van der Waals surface area contributed by atoms with Crippen LogP contribution in [0.25, 0.3) is 0 Å². The maximum atomic E-state index is 12.2. The third-order valence-corrected chi connectivity index (χ3v) is 3.91. The first-order chi connectivity index (χ1) is 9.86. The molecular weight excluding hydrogens is 292 g/mol. The average molecular weight is 314 g/mol. The van der Waals surface area contributed by atoms with E-state index >= 15 is 0 Å². The second-order valence-corrected chi connectivity index (χ2v) is 6.56. The van der Waals surface area contributed by atoms with E-state index < -0.39 is 10.0 Å². The first-order valence-electron chi connectivity index (χ1n) is 6.84. The van der Waals surface area contributed by atoms with E-state index in [0.29, 0.717) is 6.54 Å². The number of aromatic nitrogens is 1. The molecule has 0 saturated heterocycles. The predicted octanol–water partition coefficient (Wildman–Crippen LogP) is 0.706. The van der Waals surface area contributed by atoms with Gasteiger partial charge in [0, 0.05) is 18.8 Å². The first-order valence-corrected chi connectivity index (χ1v) is 8.33. The minimum atomic E-state index is -3.79. The quantitative estimate of drug-likeness (QED) is 0.656. The van der Waals surface area contributed by atoms with Gasteiger partial charge in [-0.3, -0.25) is 4.79 Å². The van der Waals surface area contributed by atoms with Crippen LogP contribution in [0.15, 0.2) is 23.2 Å². The largest absolute Gasteiger partial charge is 0.369 e. The van der Waals surface area contributed by atoms with Crippen LogP contribution in [-0.4, -0.2) is 38.4 Å². The van der Waals surface area contributed by atoms with Crippen molar-refractivity contribution in [2.24, 2.45) is 0 Å². The third-order valence-electron chi connectivity index (χ3n) is 2.48. The van der Waals surface area contributed by atoms with Crippen molar-refractivity contribution in [2.75, 3.05) is 18.4 Å². The highest BCUT2D eigenvalue weighted by Crippen LogP contribution is 2.17. The molecule has 0 aliphatic heterocycles. The van der Waals surface area contributed by atoms with E-state index in [1.165, 1.54) is 12.3 Å². The Bertz CT molecular complexity index is 573. The molecule has 0 aliphatic rings. The molecule has 1 amide bonds. The van der Waals surface area contributed by atoms with Gasteiger partial charge in [0.25, 0.3) is 0 Å². The lowest BCUT2D eigenvalue weighted by atomic mass is 10.4. The van der Waals surface area contributed by atoms with Crippen molar-refractivity contribution in [1.29, 1.82) is 0 Å². The topological polar surface area (TPSA) is 100 Å². The molecule has 1 aromatic heterocycles. The lowest BCUT2D eigenvalue weighted by molar-refractivity contribution is -0.120. The smallest absolute Gasteiger partial charge is 0.244 e. The summed E-state index contributed by atoms with van der Waals surface area (Å²) in [6.45, 7) is 5.90. The minimum absolute atomic E-state index is 0.0378. The molecule has 0 fully saturated rings. The van der Waals surface area contributed by atoms with Gasteiger partial charge in [0.15, 0.2) is 0 Å². The van der Waals surface area contributed by atoms with Crippen molar-refractivity contribution in [2.45, 2.75) is 38.1 Å². The molecule has 0 aliphatic carbocycles. The number of sulfonamides is 1. The molecule has 0 radical (unpaired) electrons. The van der Waals surface area contributed by atoms with Crippen LogP contribution < -0.4 is 15.4 Å². The number of hydrogen-bond acceptors (Lipinski definition) is 5. The number of nitrogens with zero attached hydrogens (tertiary/aromatic N) is 1. The summed E-state index contributed by atoms with van der Waals surface area (Å²) in [5.41, 5.74) is 0. The Morgan fingerprint density at radius 1 is 1.38 bits per heavy atom. The number of amides is 1. The van der Waals surface area contributed by atoms with Gasteiger partial charge in [-0.2, -0.15) is 0 Å². The van der Waals surface area contributed by atoms with E-state index in [4.69, 9.17) is 0 Å². The molecule has 0 atom stereocenters. The van der Waals surface area contributed by atoms with Crippen LogP contribution in [0.5, 0.6) is 0 Å². The van der Waals surface area contributed by atoms with Crippen LogP contribution in [0.2, 0.25) is 0 Å². The van der Waals surface area contributed by atoms with Crippen LogP contribution in [-0.2, 0) is 14.8 Å². The van der Waals surface area contributed by atoms with Crippen molar-refractivity contribution >= 4 is 21.7 Å². The molecule has 0 aromatic carbocycles. The fourth-order valence-corrected chi connectivity index (χ4v) is 2.71. The first kappa shape index (κ1) is 17.4. The van der Waals surface area contributed by atoms with Gasteiger partial charge >= 0.3 is 0 Å². The van der Waals surface area contributed by atoms with Crippen LogP contribution in [0.1, 0.15) is 27.2 Å². The summed E-state index contributed by atoms with van der Waals surface area (Å²) in [6.07, 6.45) is 2.36. The molecule has 0 spiro atoms. The molecule has 3 N–H and O–H groups in total. The fraction of sp³-hybridized carbons (Fsp3) is 0.538. The number of hydrogen-bond donors (Lipinski definition) is 3. The van der Waals surface area contributed by atoms with Crippen molar-refractivity contribution in [3.63, 3.8) is 0 Å². The highest BCUT2D eigenvalue weighted by atomic mass is 32.2. The lowest BCUT2D eigenvalue weighted by Crippen LogP contribution is -2.39. The van der Waals surface area contributed by atoms with E-state index in [9.17, 15) is 13.2 Å². The molecule has 1 heterocycles. The van der Waals surface area contributed by atoms with Gasteiger partial charge in [-0.25, -0.2) is 18.1 Å². The molecule has 7 nitrogen and oxygen atoms in total. The minimum Gasteiger partial charge on any atom is -0.369 e. The Morgan fingerprint density at radius 2 is 2.10 bits per heavy atom. The van der Waals surface area contributed by atoms with Gasteiger partial charge < -0.3 is 10.6 Å². The van der Waals surface area contributed by atoms with E-state index in [1.54, 1.807) is 19.9 Å². The van der Waals surface area contributed by atoms with Gasteiger partial charge in [-0.15, -0.1) is 0 Å². The summed E-state index contributed by atoms with van der Waals surface area (Å²) < 4.78 is 26.7. The summed E-state index contributed by atoms with van der Waals surface area (Å²) in [5, 5.41) is 5.58. The zero-order chi connectivity index (χ0) is 15.9. The SMILES string of the molecule is CCCNc1ncccc1S(=O)(=O)NCC(=O)NC(C)C. The van der Waals surface area contributed by atoms with E-state index in [-0.39, 0.29) is 29.2 Å². The number of anilines is 1. The van der Waals surface area contributed by atoms with Crippen molar-refractivity contribution in [1.82, 2.24) is 15.0 Å². The van der Waals surface area contributed by atoms with Gasteiger partial charge in [-0.05, 0) is 32.4 Å². The summed E-state index contributed by atoms with van der Waals surface area (Å²) in [4.78, 5) is 15.6. The van der Waals surface area contributed by atoms with Gasteiger partial charge in [0.2, 0.25) is 15.9 Å². The van der Waals surface area contributed by atoms with Gasteiger partial charge in [0.05, 0.1) is 6.54 Å². The number of carbonyl (C=O) groups is 1. The summed E-state index contributed by atoms with van der Waals surface area (Å²) in [6, 6.07) is 2.95. The second kappa shape index (κ2) is 7.94. The van der Waals surface area contributed by atoms with Crippen molar-refractivity contribution in [3.8, 4) is 0 Å². The van der Waals surface area contributed by atoms with Crippen molar-refractivity contribution < 1.29 is 13.2 Å². The second-order valence-electron chi connectivity index (χ2n) is 4.82. The summed E-state index contributed by atoms with van der Waals surface area (Å²) in [5.74, 6) is -0.0864. The Hall–Kier alpha value is -1.67. The molecule has 118 valence electrons. The normalized spacial score (nSPS) is 11.4. The number of nitrogens with one attached hydrogen (secondary N) is 3. The van der Waals surface area contributed by atoms with Crippen LogP contribution in [0, 0.1) is 0 Å². The highest BCUT2D eigenvalue weighted by Gasteiger charge is 2.20. The molecule has 0 unspecified atom stereocenters. The van der Waals surface area contributed by atoms with Gasteiger partial charge in [-0.1, -0.05) is 6.92 Å². The maximum Gasteiger partial charge on any atom is 0.244 e. The Kier molecular flexibility index (Phi) is 6.57. The summed E-state index contributed by atoms with van der Waals surface area (Å²) >= 11 is 0. The molecule has 0 saturated carbocycles. The number of pyridine rings is 1. The average Bonchev–Trinajstić information content (AvgIpc) is 2.42. The van der Waals surface area contributed by atoms with Crippen LogP contribution in [0.3, 0.4) is 0 Å². The Morgan fingerprint density at radius 3 is 2.71 bits per heavy atom. The van der Waals surface area contributed by atoms with E-state index in [1.807, 2.05) is 6.92 Å². The zero-order valence-corrected chi connectivity index (χ0v) is 13.3. The predicted molar refractivity (Wildman–Crippen MR) is 81.5 cm³/mol. The molecule has 21 heavy (non-hydrogen) atoms. The van der Waals surface area contributed by atoms with Crippen molar-refractivity contribution in [3.05, 3.63) is 18.3 Å². The molecule has 1 rings (SSSR count). The maximum absolute atomic E-state index is 12.2. The van der Waals surface area contributed by atoms with E-state index in [2.05, 4.69) is 20.3 Å². The zero-order valence-electron chi connectivity index (χ0n) is 12.5. The lowest BCUT2D eigenvalue weighted by Gasteiger charge is -2.12. The van der Waals surface area contributed by atoms with E-state index in [0.717, 1.165) is 6.42 Å². The van der Waals surface area contributed by atoms with Crippen LogP contribution in [0.4, 0.5) is 5.82 Å². The molecule has 8 heteroatoms. The standard InChI is InChI=1S/C13H22N4O3S/c1-4-7-14-13-11(6-5-8-15-13)21(19,20)16-9-12(18)17-10(2)3/h5-6,8,10,16H,4,7,9H2,1-3H3,(H,14,15)(H,17,18). The monoisotopic (exact) mass is 314 g/mol. The van der Waals surface area contributed by atoms with Crippen LogP contribution >= 0.6 is 0 Å². The summed E-state index contributed by atoms with van der Waals surface area (Å²) in [7, 11) is -3.79. The fourth-order valence-electron chi connectivity index (χ4n) is 1.59. The number of carbonyl (C=O) groups excluding carboxylic acids is 1. The Labute approximate surface area is 125 Å². The van der Waals surface area contributed by atoms with Gasteiger partial charge in [0.1, 0.15) is 10.7 Å².